The van der Waals surface area contributed by atoms with E-state index >= 15 is 0 Å². The van der Waals surface area contributed by atoms with E-state index in [0.29, 0.717) is 45.2 Å². The van der Waals surface area contributed by atoms with Crippen LogP contribution in [0.1, 0.15) is 30.8 Å². The lowest BCUT2D eigenvalue weighted by Crippen LogP contribution is -2.52. The van der Waals surface area contributed by atoms with E-state index in [2.05, 4.69) is 15.2 Å². The lowest BCUT2D eigenvalue weighted by Gasteiger charge is -2.41. The van der Waals surface area contributed by atoms with Gasteiger partial charge < -0.3 is 34.3 Å². The van der Waals surface area contributed by atoms with Gasteiger partial charge in [-0.1, -0.05) is 6.92 Å². The van der Waals surface area contributed by atoms with Gasteiger partial charge in [0.25, 0.3) is 5.91 Å². The van der Waals surface area contributed by atoms with E-state index in [1.807, 2.05) is 19.9 Å². The summed E-state index contributed by atoms with van der Waals surface area (Å²) in [6.45, 7) is 6.47. The van der Waals surface area contributed by atoms with Crippen molar-refractivity contribution in [2.24, 2.45) is 11.3 Å². The Kier molecular flexibility index (Phi) is 9.25. The van der Waals surface area contributed by atoms with Crippen molar-refractivity contribution in [3.05, 3.63) is 17.8 Å². The summed E-state index contributed by atoms with van der Waals surface area (Å²) in [5.41, 5.74) is 0.615. The maximum atomic E-state index is 12.8. The van der Waals surface area contributed by atoms with Crippen LogP contribution >= 0.6 is 0 Å². The zero-order chi connectivity index (χ0) is 23.8. The molecule has 9 nitrogen and oxygen atoms in total. The van der Waals surface area contributed by atoms with Gasteiger partial charge in [-0.25, -0.2) is 9.37 Å². The number of alkyl halides is 1. The van der Waals surface area contributed by atoms with Gasteiger partial charge in [0.1, 0.15) is 24.7 Å². The fraction of sp³-hybridized carbons (Fsp3) is 0.739. The molecule has 2 atom stereocenters. The molecule has 2 aliphatic heterocycles. The van der Waals surface area contributed by atoms with Crippen molar-refractivity contribution in [3.63, 3.8) is 0 Å². The molecule has 3 rings (SSSR count). The summed E-state index contributed by atoms with van der Waals surface area (Å²) in [6, 6.07) is 3.42. The number of methoxy groups -OCH3 is 1. The molecule has 10 heteroatoms. The molecule has 2 fully saturated rings. The minimum absolute atomic E-state index is 0.0390. The van der Waals surface area contributed by atoms with Crippen molar-refractivity contribution in [1.82, 2.24) is 10.3 Å². The molecule has 0 aromatic carbocycles. The van der Waals surface area contributed by atoms with Gasteiger partial charge in [-0.2, -0.15) is 0 Å². The molecule has 1 unspecified atom stereocenters. The molecule has 3 heterocycles. The van der Waals surface area contributed by atoms with Gasteiger partial charge in [-0.05, 0) is 31.4 Å². The highest BCUT2D eigenvalue weighted by molar-refractivity contribution is 5.93. The smallest absolute Gasteiger partial charge is 0.270 e. The number of ether oxygens (including phenoxy) is 4. The van der Waals surface area contributed by atoms with E-state index in [-0.39, 0.29) is 49.5 Å². The van der Waals surface area contributed by atoms with E-state index in [1.54, 1.807) is 13.2 Å². The standard InChI is InChI=1S/C23H36FN3O6/c1-16(11-31-7-6-24)8-17(2)25-21(29)19-4-5-20(27-9-18(10-27)30-3)22(26-19)33-15-23(12-28)13-32-14-23/h4-5,16-18,28H,6-15H2,1-3H3,(H,25,29)/t16?,17-/m0/s1. The van der Waals surface area contributed by atoms with Crippen LogP contribution in [-0.4, -0.2) is 94.7 Å². The normalized spacial score (nSPS) is 19.4. The Morgan fingerprint density at radius 2 is 2.15 bits per heavy atom. The van der Waals surface area contributed by atoms with Crippen LogP contribution in [0.4, 0.5) is 10.1 Å². The largest absolute Gasteiger partial charge is 0.475 e. The average molecular weight is 470 g/mol. The number of nitrogens with zero attached hydrogens (tertiary/aromatic N) is 2. The molecule has 0 bridgehead atoms. The average Bonchev–Trinajstić information content (AvgIpc) is 2.73. The summed E-state index contributed by atoms with van der Waals surface area (Å²) in [6.07, 6.45) is 0.853. The van der Waals surface area contributed by atoms with Gasteiger partial charge in [0.2, 0.25) is 5.88 Å². The van der Waals surface area contributed by atoms with Crippen LogP contribution in [-0.2, 0) is 14.2 Å². The maximum absolute atomic E-state index is 12.8. The summed E-state index contributed by atoms with van der Waals surface area (Å²) in [7, 11) is 1.68. The Balaban J connectivity index is 1.64. The Labute approximate surface area is 194 Å². The first-order valence-electron chi connectivity index (χ1n) is 11.4. The number of aliphatic hydroxyl groups excluding tert-OH is 1. The van der Waals surface area contributed by atoms with E-state index in [4.69, 9.17) is 18.9 Å². The predicted octanol–water partition coefficient (Wildman–Crippen LogP) is 1.43. The number of anilines is 1. The summed E-state index contributed by atoms with van der Waals surface area (Å²) in [5.74, 6) is 0.246. The molecule has 1 aromatic heterocycles. The van der Waals surface area contributed by atoms with Gasteiger partial charge >= 0.3 is 0 Å². The van der Waals surface area contributed by atoms with Crippen LogP contribution in [0, 0.1) is 11.3 Å². The van der Waals surface area contributed by atoms with Gasteiger partial charge in [0.15, 0.2) is 0 Å². The van der Waals surface area contributed by atoms with Crippen LogP contribution in [0.2, 0.25) is 0 Å². The minimum Gasteiger partial charge on any atom is -0.475 e. The third-order valence-electron chi connectivity index (χ3n) is 6.02. The molecule has 0 saturated carbocycles. The fourth-order valence-corrected chi connectivity index (χ4v) is 3.89. The lowest BCUT2D eigenvalue weighted by atomic mass is 9.88. The number of hydrogen-bond donors (Lipinski definition) is 2. The number of carbonyl (C=O) groups excluding carboxylic acids is 1. The van der Waals surface area contributed by atoms with Crippen LogP contribution in [0.3, 0.4) is 0 Å². The van der Waals surface area contributed by atoms with Crippen molar-refractivity contribution < 1.29 is 33.2 Å². The number of carbonyl (C=O) groups is 1. The zero-order valence-electron chi connectivity index (χ0n) is 19.7. The number of halogens is 1. The minimum atomic E-state index is -0.499. The summed E-state index contributed by atoms with van der Waals surface area (Å²) in [5, 5.41) is 12.7. The van der Waals surface area contributed by atoms with Crippen LogP contribution < -0.4 is 15.0 Å². The maximum Gasteiger partial charge on any atom is 0.270 e. The van der Waals surface area contributed by atoms with Crippen molar-refractivity contribution in [2.45, 2.75) is 32.4 Å². The van der Waals surface area contributed by atoms with Gasteiger partial charge in [-0.3, -0.25) is 4.79 Å². The van der Waals surface area contributed by atoms with Crippen molar-refractivity contribution >= 4 is 11.6 Å². The molecule has 0 spiro atoms. The summed E-state index contributed by atoms with van der Waals surface area (Å²) >= 11 is 0. The summed E-state index contributed by atoms with van der Waals surface area (Å²) < 4.78 is 34.0. The molecule has 186 valence electrons. The second kappa shape index (κ2) is 11.9. The number of pyridine rings is 1. The fourth-order valence-electron chi connectivity index (χ4n) is 3.89. The SMILES string of the molecule is COC1CN(c2ccc(C(=O)N[C@@H](C)CC(C)COCCF)nc2OCC2(CO)COC2)C1. The van der Waals surface area contributed by atoms with E-state index in [9.17, 15) is 14.3 Å². The van der Waals surface area contributed by atoms with Crippen molar-refractivity contribution in [1.29, 1.82) is 0 Å². The van der Waals surface area contributed by atoms with Crippen LogP contribution in [0.5, 0.6) is 5.88 Å². The molecular weight excluding hydrogens is 433 g/mol. The van der Waals surface area contributed by atoms with Crippen molar-refractivity contribution in [3.8, 4) is 5.88 Å². The van der Waals surface area contributed by atoms with E-state index < -0.39 is 12.1 Å². The molecule has 1 aromatic rings. The number of aromatic nitrogens is 1. The number of aliphatic hydroxyl groups is 1. The molecule has 2 aliphatic rings. The first-order chi connectivity index (χ1) is 15.9. The molecule has 33 heavy (non-hydrogen) atoms. The van der Waals surface area contributed by atoms with Crippen molar-refractivity contribution in [2.75, 3.05) is 71.4 Å². The first kappa shape index (κ1) is 25.6. The Morgan fingerprint density at radius 3 is 2.76 bits per heavy atom. The Bertz CT molecular complexity index is 767. The molecule has 1 amide bonds. The number of nitrogens with one attached hydrogen (secondary N) is 1. The molecule has 2 N–H and O–H groups in total. The number of hydrogen-bond acceptors (Lipinski definition) is 8. The molecule has 0 radical (unpaired) electrons. The predicted molar refractivity (Wildman–Crippen MR) is 121 cm³/mol. The second-order valence-corrected chi connectivity index (χ2v) is 9.20. The molecular formula is C23H36FN3O6. The van der Waals surface area contributed by atoms with Crippen LogP contribution in [0.25, 0.3) is 0 Å². The zero-order valence-corrected chi connectivity index (χ0v) is 19.7. The molecule has 2 saturated heterocycles. The second-order valence-electron chi connectivity index (χ2n) is 9.20. The van der Waals surface area contributed by atoms with Gasteiger partial charge in [0, 0.05) is 32.8 Å². The highest BCUT2D eigenvalue weighted by Crippen LogP contribution is 2.34. The third-order valence-corrected chi connectivity index (χ3v) is 6.02. The first-order valence-corrected chi connectivity index (χ1v) is 11.4. The third kappa shape index (κ3) is 6.75. The monoisotopic (exact) mass is 469 g/mol. The summed E-state index contributed by atoms with van der Waals surface area (Å²) in [4.78, 5) is 19.4. The lowest BCUT2D eigenvalue weighted by molar-refractivity contribution is -0.153. The Morgan fingerprint density at radius 1 is 1.39 bits per heavy atom. The quantitative estimate of drug-likeness (QED) is 0.395. The van der Waals surface area contributed by atoms with E-state index in [0.717, 1.165) is 5.69 Å². The number of rotatable bonds is 14. The van der Waals surface area contributed by atoms with Gasteiger partial charge in [-0.15, -0.1) is 0 Å². The highest BCUT2D eigenvalue weighted by atomic mass is 19.1. The van der Waals surface area contributed by atoms with Gasteiger partial charge in [0.05, 0.1) is 37.9 Å². The van der Waals surface area contributed by atoms with Crippen LogP contribution in [0.15, 0.2) is 12.1 Å². The van der Waals surface area contributed by atoms with E-state index in [1.165, 1.54) is 0 Å². The topological polar surface area (TPSA) is 102 Å². The Hall–Kier alpha value is -2.01. The number of amides is 1. The highest BCUT2D eigenvalue weighted by Gasteiger charge is 2.40. The molecule has 0 aliphatic carbocycles.